The molecule has 0 fully saturated rings. The van der Waals surface area contributed by atoms with E-state index in [0.717, 1.165) is 5.56 Å². The van der Waals surface area contributed by atoms with E-state index in [4.69, 9.17) is 19.2 Å². The second kappa shape index (κ2) is 12.1. The molecule has 3 rings (SSSR count). The molecular weight excluding hydrogens is 450 g/mol. The minimum atomic E-state index is -0.508. The van der Waals surface area contributed by atoms with Gasteiger partial charge in [0.15, 0.2) is 12.2 Å². The van der Waals surface area contributed by atoms with Gasteiger partial charge in [0, 0.05) is 31.0 Å². The van der Waals surface area contributed by atoms with E-state index in [1.807, 2.05) is 19.1 Å². The minimum Gasteiger partial charge on any atom is -0.496 e. The molecule has 182 valence electrons. The van der Waals surface area contributed by atoms with E-state index in [0.29, 0.717) is 34.9 Å². The topological polar surface area (TPSA) is 130 Å². The van der Waals surface area contributed by atoms with Gasteiger partial charge in [0.2, 0.25) is 0 Å². The van der Waals surface area contributed by atoms with E-state index in [1.165, 1.54) is 18.4 Å². The Morgan fingerprint density at radius 1 is 1.20 bits per heavy atom. The van der Waals surface area contributed by atoms with Crippen LogP contribution in [0.3, 0.4) is 0 Å². The summed E-state index contributed by atoms with van der Waals surface area (Å²) in [5, 5.41) is 14.4. The van der Waals surface area contributed by atoms with Gasteiger partial charge in [0.1, 0.15) is 11.9 Å². The Bertz CT molecular complexity index is 1190. The number of carbonyl (C=O) groups is 2. The molecule has 1 unspecified atom stereocenters. The Morgan fingerprint density at radius 2 is 1.97 bits per heavy atom. The van der Waals surface area contributed by atoms with Crippen molar-refractivity contribution in [3.05, 3.63) is 60.6 Å². The molecule has 0 spiro atoms. The number of nitrogens with zero attached hydrogens (tertiary/aromatic N) is 3. The molecule has 1 atom stereocenters. The van der Waals surface area contributed by atoms with Crippen molar-refractivity contribution in [2.75, 3.05) is 24.8 Å². The maximum Gasteiger partial charge on any atom is 0.410 e. The lowest BCUT2D eigenvalue weighted by molar-refractivity contribution is 0.0674. The Morgan fingerprint density at radius 3 is 2.63 bits per heavy atom. The van der Waals surface area contributed by atoms with Crippen LogP contribution in [0.15, 0.2) is 59.5 Å². The van der Waals surface area contributed by atoms with E-state index >= 15 is 0 Å². The molecule has 10 heteroatoms. The quantitative estimate of drug-likeness (QED) is 0.430. The summed E-state index contributed by atoms with van der Waals surface area (Å²) in [7, 11) is 3.15. The molecule has 35 heavy (non-hydrogen) atoms. The molecule has 2 N–H and O–H groups in total. The third-order valence-electron chi connectivity index (χ3n) is 5.12. The molecule has 3 aromatic rings. The van der Waals surface area contributed by atoms with Crippen molar-refractivity contribution in [1.82, 2.24) is 9.88 Å². The second-order valence-electron chi connectivity index (χ2n) is 7.69. The smallest absolute Gasteiger partial charge is 0.410 e. The summed E-state index contributed by atoms with van der Waals surface area (Å²) in [4.78, 5) is 30.2. The standard InChI is InChI=1S/C25H27N5O5/c1-4-20(10-11-26)35-25(32)30(2)15-17-6-5-7-18(12-17)28-24(31)29-19-8-9-21(22(13-19)33-3)23-14-27-16-34-23/h5-9,12-14,16,20H,4,10,15H2,1-3H3,(H2,28,29,31). The van der Waals surface area contributed by atoms with Crippen molar-refractivity contribution in [1.29, 1.82) is 5.26 Å². The maximum absolute atomic E-state index is 12.6. The molecule has 3 amide bonds. The van der Waals surface area contributed by atoms with Gasteiger partial charge in [-0.3, -0.25) is 0 Å². The Hall–Kier alpha value is -4.52. The molecule has 0 aliphatic rings. The van der Waals surface area contributed by atoms with Gasteiger partial charge in [-0.1, -0.05) is 19.1 Å². The number of nitriles is 1. The summed E-state index contributed by atoms with van der Waals surface area (Å²) in [5.74, 6) is 1.08. The zero-order valence-corrected chi connectivity index (χ0v) is 19.8. The van der Waals surface area contributed by atoms with Crippen LogP contribution in [-0.2, 0) is 11.3 Å². The van der Waals surface area contributed by atoms with Crippen LogP contribution < -0.4 is 15.4 Å². The van der Waals surface area contributed by atoms with Crippen molar-refractivity contribution in [2.24, 2.45) is 0 Å². The number of benzene rings is 2. The number of aromatic nitrogens is 1. The summed E-state index contributed by atoms with van der Waals surface area (Å²) >= 11 is 0. The predicted molar refractivity (Wildman–Crippen MR) is 130 cm³/mol. The van der Waals surface area contributed by atoms with Crippen LogP contribution >= 0.6 is 0 Å². The van der Waals surface area contributed by atoms with Crippen molar-refractivity contribution >= 4 is 23.5 Å². The molecule has 1 heterocycles. The van der Waals surface area contributed by atoms with Crippen LogP contribution in [0, 0.1) is 11.3 Å². The Balaban J connectivity index is 1.60. The van der Waals surface area contributed by atoms with Crippen LogP contribution in [0.25, 0.3) is 11.3 Å². The highest BCUT2D eigenvalue weighted by Crippen LogP contribution is 2.32. The third-order valence-corrected chi connectivity index (χ3v) is 5.12. The normalized spacial score (nSPS) is 11.1. The largest absolute Gasteiger partial charge is 0.496 e. The van der Waals surface area contributed by atoms with Gasteiger partial charge in [-0.2, -0.15) is 5.26 Å². The fourth-order valence-corrected chi connectivity index (χ4v) is 3.30. The van der Waals surface area contributed by atoms with Crippen LogP contribution in [0.4, 0.5) is 21.0 Å². The minimum absolute atomic E-state index is 0.152. The van der Waals surface area contributed by atoms with Gasteiger partial charge in [0.05, 0.1) is 31.4 Å². The van der Waals surface area contributed by atoms with Gasteiger partial charge in [-0.25, -0.2) is 14.6 Å². The molecule has 0 radical (unpaired) electrons. The van der Waals surface area contributed by atoms with E-state index < -0.39 is 18.2 Å². The van der Waals surface area contributed by atoms with E-state index in [9.17, 15) is 9.59 Å². The predicted octanol–water partition coefficient (Wildman–Crippen LogP) is 5.25. The first-order valence-electron chi connectivity index (χ1n) is 11.0. The van der Waals surface area contributed by atoms with Crippen LogP contribution in [0.1, 0.15) is 25.3 Å². The molecule has 2 aromatic carbocycles. The van der Waals surface area contributed by atoms with E-state index in [2.05, 4.69) is 15.6 Å². The van der Waals surface area contributed by atoms with Crippen molar-refractivity contribution in [3.63, 3.8) is 0 Å². The highest BCUT2D eigenvalue weighted by atomic mass is 16.6. The van der Waals surface area contributed by atoms with Gasteiger partial charge < -0.3 is 29.4 Å². The fraction of sp³-hybridized carbons (Fsp3) is 0.280. The van der Waals surface area contributed by atoms with Gasteiger partial charge in [0.25, 0.3) is 0 Å². The van der Waals surface area contributed by atoms with Crippen LogP contribution in [0.5, 0.6) is 5.75 Å². The van der Waals surface area contributed by atoms with Crippen molar-refractivity contribution in [3.8, 4) is 23.1 Å². The van der Waals surface area contributed by atoms with Crippen LogP contribution in [-0.4, -0.2) is 42.3 Å². The van der Waals surface area contributed by atoms with E-state index in [-0.39, 0.29) is 13.0 Å². The zero-order valence-electron chi connectivity index (χ0n) is 19.8. The lowest BCUT2D eigenvalue weighted by Crippen LogP contribution is -2.30. The number of anilines is 2. The molecular formula is C25H27N5O5. The number of hydrogen-bond acceptors (Lipinski definition) is 7. The number of methoxy groups -OCH3 is 1. The number of urea groups is 1. The SMILES string of the molecule is CCC(CC#N)OC(=O)N(C)Cc1cccc(NC(=O)Nc2ccc(-c3cnco3)c(OC)c2)c1. The summed E-state index contributed by atoms with van der Waals surface area (Å²) < 4.78 is 16.1. The summed E-state index contributed by atoms with van der Waals surface area (Å²) in [6.45, 7) is 2.13. The molecule has 0 saturated carbocycles. The molecule has 0 saturated heterocycles. The average Bonchev–Trinajstić information content (AvgIpc) is 3.38. The molecule has 0 aliphatic heterocycles. The lowest BCUT2D eigenvalue weighted by atomic mass is 10.1. The average molecular weight is 478 g/mol. The number of carbonyl (C=O) groups excluding carboxylic acids is 2. The second-order valence-corrected chi connectivity index (χ2v) is 7.69. The number of ether oxygens (including phenoxy) is 2. The first-order valence-corrected chi connectivity index (χ1v) is 11.0. The first kappa shape index (κ1) is 25.1. The molecule has 0 bridgehead atoms. The Labute approximate surface area is 203 Å². The highest BCUT2D eigenvalue weighted by Gasteiger charge is 2.17. The van der Waals surface area contributed by atoms with E-state index in [1.54, 1.807) is 49.6 Å². The monoisotopic (exact) mass is 477 g/mol. The lowest BCUT2D eigenvalue weighted by Gasteiger charge is -2.21. The molecule has 0 aliphatic carbocycles. The maximum atomic E-state index is 12.6. The van der Waals surface area contributed by atoms with Gasteiger partial charge >= 0.3 is 12.1 Å². The van der Waals surface area contributed by atoms with Crippen molar-refractivity contribution < 1.29 is 23.5 Å². The first-order chi connectivity index (χ1) is 16.9. The summed E-state index contributed by atoms with van der Waals surface area (Å²) in [6, 6.07) is 13.9. The molecule has 1 aromatic heterocycles. The number of nitrogens with one attached hydrogen (secondary N) is 2. The van der Waals surface area contributed by atoms with Crippen LogP contribution in [0.2, 0.25) is 0 Å². The molecule has 10 nitrogen and oxygen atoms in total. The third kappa shape index (κ3) is 6.98. The summed E-state index contributed by atoms with van der Waals surface area (Å²) in [5.41, 5.74) is 2.60. The fourth-order valence-electron chi connectivity index (χ4n) is 3.30. The zero-order chi connectivity index (χ0) is 25.2. The number of amides is 3. The van der Waals surface area contributed by atoms with Gasteiger partial charge in [-0.05, 0) is 36.2 Å². The number of hydrogen-bond donors (Lipinski definition) is 2. The highest BCUT2D eigenvalue weighted by molar-refractivity contribution is 6.00. The number of rotatable bonds is 9. The van der Waals surface area contributed by atoms with Gasteiger partial charge in [-0.15, -0.1) is 0 Å². The number of oxazole rings is 1. The Kier molecular flexibility index (Phi) is 8.67. The van der Waals surface area contributed by atoms with Crippen molar-refractivity contribution in [2.45, 2.75) is 32.4 Å². The summed E-state index contributed by atoms with van der Waals surface area (Å²) in [6.07, 6.45) is 2.69.